The Morgan fingerprint density at radius 2 is 1.55 bits per heavy atom. The normalized spacial score (nSPS) is 13.4. The second kappa shape index (κ2) is 17.3. The van der Waals surface area contributed by atoms with Crippen LogP contribution >= 0.6 is 46.8 Å². The average molecular weight is 830 g/mol. The molecule has 0 spiro atoms. The number of anilines is 1. The first-order chi connectivity index (χ1) is 27.1. The van der Waals surface area contributed by atoms with Gasteiger partial charge in [-0.25, -0.2) is 4.68 Å². The van der Waals surface area contributed by atoms with Crippen molar-refractivity contribution in [2.45, 2.75) is 64.4 Å². The summed E-state index contributed by atoms with van der Waals surface area (Å²) in [4.78, 5) is 48.6. The highest BCUT2D eigenvalue weighted by Gasteiger charge is 2.29. The quantitative estimate of drug-likeness (QED) is 0.126. The molecule has 0 saturated heterocycles. The Labute approximate surface area is 347 Å². The van der Waals surface area contributed by atoms with Gasteiger partial charge in [0.1, 0.15) is 0 Å². The number of amides is 3. The molecule has 3 amide bonds. The molecule has 0 bridgehead atoms. The average Bonchev–Trinajstić information content (AvgIpc) is 3.75. The molecule has 0 radical (unpaired) electrons. The fourth-order valence-electron chi connectivity index (χ4n) is 7.43. The van der Waals surface area contributed by atoms with E-state index in [0.717, 1.165) is 53.9 Å². The summed E-state index contributed by atoms with van der Waals surface area (Å²) in [6.07, 6.45) is 3.20. The van der Waals surface area contributed by atoms with E-state index in [1.807, 2.05) is 56.3 Å². The van der Waals surface area contributed by atoms with Crippen LogP contribution in [0.5, 0.6) is 0 Å². The van der Waals surface area contributed by atoms with Crippen LogP contribution in [0.4, 0.5) is 5.69 Å². The number of nitrogens with zero attached hydrogens (tertiary/aromatic N) is 5. The lowest BCUT2D eigenvalue weighted by Gasteiger charge is -2.29. The number of nitrogens with one attached hydrogen (secondary N) is 1. The number of carbonyl (C=O) groups is 3. The van der Waals surface area contributed by atoms with Crippen molar-refractivity contribution in [2.75, 3.05) is 31.1 Å². The number of halogens is 3. The lowest BCUT2D eigenvalue weighted by molar-refractivity contribution is 0.0732. The van der Waals surface area contributed by atoms with Crippen molar-refractivity contribution in [1.82, 2.24) is 24.3 Å². The van der Waals surface area contributed by atoms with Crippen molar-refractivity contribution in [3.8, 4) is 5.69 Å². The number of rotatable bonds is 12. The molecule has 0 saturated carbocycles. The Hall–Kier alpha value is -4.48. The molecule has 56 heavy (non-hydrogen) atoms. The van der Waals surface area contributed by atoms with E-state index in [0.29, 0.717) is 65.3 Å². The summed E-state index contributed by atoms with van der Waals surface area (Å²) >= 11 is 20.4. The van der Waals surface area contributed by atoms with E-state index in [4.69, 9.17) is 39.9 Å². The second-order valence-corrected chi connectivity index (χ2v) is 16.2. The summed E-state index contributed by atoms with van der Waals surface area (Å²) in [7, 11) is 0. The summed E-state index contributed by atoms with van der Waals surface area (Å²) in [6.45, 7) is 9.54. The Balaban J connectivity index is 1.14. The topological polar surface area (TPSA) is 90.8 Å². The van der Waals surface area contributed by atoms with Gasteiger partial charge in [0.15, 0.2) is 5.69 Å². The van der Waals surface area contributed by atoms with Gasteiger partial charge in [-0.15, -0.1) is 0 Å². The maximum absolute atomic E-state index is 14.5. The van der Waals surface area contributed by atoms with Crippen LogP contribution in [0, 0.1) is 6.92 Å². The van der Waals surface area contributed by atoms with Gasteiger partial charge in [-0.1, -0.05) is 79.0 Å². The van der Waals surface area contributed by atoms with Gasteiger partial charge in [-0.3, -0.25) is 19.1 Å². The first kappa shape index (κ1) is 39.7. The summed E-state index contributed by atoms with van der Waals surface area (Å²) in [5, 5.41) is 6.02. The van der Waals surface area contributed by atoms with E-state index in [-0.39, 0.29) is 28.4 Å². The summed E-state index contributed by atoms with van der Waals surface area (Å²) in [5.74, 6) is -0.833. The molecule has 2 aliphatic rings. The molecular weight excluding hydrogens is 787 g/mol. The van der Waals surface area contributed by atoms with Crippen LogP contribution in [-0.4, -0.2) is 63.5 Å². The molecule has 0 aliphatic carbocycles. The van der Waals surface area contributed by atoms with Gasteiger partial charge in [0.2, 0.25) is 0 Å². The maximum atomic E-state index is 14.5. The molecule has 1 N–H and O–H groups in total. The Morgan fingerprint density at radius 1 is 0.821 bits per heavy atom. The van der Waals surface area contributed by atoms with Crippen molar-refractivity contribution < 1.29 is 14.4 Å². The second-order valence-electron chi connectivity index (χ2n) is 14.2. The number of hydrogen-bond donors (Lipinski definition) is 1. The fourth-order valence-corrected chi connectivity index (χ4v) is 8.61. The van der Waals surface area contributed by atoms with Gasteiger partial charge in [-0.05, 0) is 115 Å². The van der Waals surface area contributed by atoms with Crippen molar-refractivity contribution in [1.29, 1.82) is 0 Å². The SMILES string of the molecule is CCCN(CCC)C(=O)c1nn(-c2ccc(C(=O)NSc3ccc4c(c3)CCN4Cc3ccc(Cl)c(Cl)c3)cc2C(=O)N2CCc3ccccc3C2)c(C)c1Cl. The van der Waals surface area contributed by atoms with Crippen LogP contribution in [0.15, 0.2) is 83.8 Å². The van der Waals surface area contributed by atoms with Crippen molar-refractivity contribution >= 4 is 70.2 Å². The molecule has 3 heterocycles. The largest absolute Gasteiger partial charge is 0.367 e. The Morgan fingerprint density at radius 3 is 2.30 bits per heavy atom. The van der Waals surface area contributed by atoms with E-state index >= 15 is 0 Å². The van der Waals surface area contributed by atoms with Gasteiger partial charge in [0.25, 0.3) is 17.7 Å². The first-order valence-electron chi connectivity index (χ1n) is 18.9. The van der Waals surface area contributed by atoms with Crippen LogP contribution in [0.2, 0.25) is 15.1 Å². The zero-order valence-corrected chi connectivity index (χ0v) is 34.7. The van der Waals surface area contributed by atoms with E-state index in [1.165, 1.54) is 23.1 Å². The zero-order valence-electron chi connectivity index (χ0n) is 31.6. The highest BCUT2D eigenvalue weighted by atomic mass is 35.5. The fraction of sp³-hybridized carbons (Fsp3) is 0.302. The van der Waals surface area contributed by atoms with E-state index in [1.54, 1.807) is 39.6 Å². The van der Waals surface area contributed by atoms with E-state index < -0.39 is 0 Å². The third-order valence-electron chi connectivity index (χ3n) is 10.3. The smallest absolute Gasteiger partial charge is 0.275 e. The number of benzene rings is 4. The number of aromatic nitrogens is 2. The molecule has 13 heteroatoms. The van der Waals surface area contributed by atoms with Crippen LogP contribution in [-0.2, 0) is 25.9 Å². The summed E-state index contributed by atoms with van der Waals surface area (Å²) < 4.78 is 4.54. The van der Waals surface area contributed by atoms with Crippen LogP contribution in [0.1, 0.15) is 85.8 Å². The van der Waals surface area contributed by atoms with Gasteiger partial charge in [0.05, 0.1) is 32.0 Å². The summed E-state index contributed by atoms with van der Waals surface area (Å²) in [5.41, 5.74) is 7.45. The molecule has 4 aromatic carbocycles. The minimum atomic E-state index is -0.345. The molecule has 0 unspecified atom stereocenters. The van der Waals surface area contributed by atoms with Gasteiger partial charge in [0, 0.05) is 55.4 Å². The Kier molecular flexibility index (Phi) is 12.3. The molecule has 7 rings (SSSR count). The maximum Gasteiger partial charge on any atom is 0.275 e. The molecule has 9 nitrogen and oxygen atoms in total. The third kappa shape index (κ3) is 8.30. The van der Waals surface area contributed by atoms with E-state index in [9.17, 15) is 14.4 Å². The van der Waals surface area contributed by atoms with Crippen molar-refractivity contribution in [3.63, 3.8) is 0 Å². The monoisotopic (exact) mass is 828 g/mol. The Bertz CT molecular complexity index is 2310. The predicted molar refractivity (Wildman–Crippen MR) is 226 cm³/mol. The van der Waals surface area contributed by atoms with Crippen LogP contribution in [0.3, 0.4) is 0 Å². The molecular formula is C43H43Cl3N6O3S. The first-order valence-corrected chi connectivity index (χ1v) is 20.8. The highest BCUT2D eigenvalue weighted by Crippen LogP contribution is 2.34. The van der Waals surface area contributed by atoms with Gasteiger partial charge >= 0.3 is 0 Å². The minimum absolute atomic E-state index is 0.140. The molecule has 2 aliphatic heterocycles. The number of hydrogen-bond acceptors (Lipinski definition) is 6. The van der Waals surface area contributed by atoms with Crippen molar-refractivity contribution in [3.05, 3.63) is 139 Å². The predicted octanol–water partition coefficient (Wildman–Crippen LogP) is 9.60. The molecule has 290 valence electrons. The highest BCUT2D eigenvalue weighted by molar-refractivity contribution is 7.98. The zero-order chi connectivity index (χ0) is 39.5. The molecule has 0 fully saturated rings. The lowest BCUT2D eigenvalue weighted by atomic mass is 9.98. The van der Waals surface area contributed by atoms with Gasteiger partial charge in [-0.2, -0.15) is 5.10 Å². The van der Waals surface area contributed by atoms with E-state index in [2.05, 4.69) is 27.8 Å². The number of carbonyl (C=O) groups excluding carboxylic acids is 3. The number of fused-ring (bicyclic) bond motifs is 2. The molecule has 0 atom stereocenters. The van der Waals surface area contributed by atoms with Gasteiger partial charge < -0.3 is 14.7 Å². The minimum Gasteiger partial charge on any atom is -0.367 e. The van der Waals surface area contributed by atoms with Crippen LogP contribution in [0.25, 0.3) is 5.69 Å². The molecule has 5 aromatic rings. The molecule has 1 aromatic heterocycles. The summed E-state index contributed by atoms with van der Waals surface area (Å²) in [6, 6.07) is 25.0. The standard InChI is InChI=1S/C43H43Cl3N6O3S/c1-4-18-49(19-5-2)43(55)40-39(46)27(3)52(47-40)38-14-11-31(24-34(38)42(54)51-21-16-29-8-6-7-9-32(29)26-51)41(53)48-56-33-12-15-37-30(23-33)17-20-50(37)25-28-10-13-35(44)36(45)22-28/h6-15,22-24H,4-5,16-21,25-26H2,1-3H3,(H,48,53). The third-order valence-corrected chi connectivity index (χ3v) is 12.3. The van der Waals surface area contributed by atoms with Crippen LogP contribution < -0.4 is 9.62 Å². The van der Waals surface area contributed by atoms with Crippen molar-refractivity contribution in [2.24, 2.45) is 0 Å². The lowest BCUT2D eigenvalue weighted by Crippen LogP contribution is -2.36.